The molecule has 0 radical (unpaired) electrons. The quantitative estimate of drug-likeness (QED) is 0.534. The van der Waals surface area contributed by atoms with Crippen LogP contribution in [0, 0.1) is 6.92 Å². The molecule has 0 N–H and O–H groups in total. The van der Waals surface area contributed by atoms with Crippen LogP contribution < -0.4 is 9.04 Å². The molecule has 0 aliphatic rings. The Hall–Kier alpha value is -3.32. The number of aryl methyl sites for hydroxylation is 1. The molecule has 7 heteroatoms. The second-order valence-electron chi connectivity index (χ2n) is 7.22. The number of benzene rings is 3. The summed E-state index contributed by atoms with van der Waals surface area (Å²) in [7, 11) is -0.469. The summed E-state index contributed by atoms with van der Waals surface area (Å²) in [6.45, 7) is 2.71. The van der Waals surface area contributed by atoms with E-state index in [9.17, 15) is 13.2 Å². The molecule has 0 fully saturated rings. The van der Waals surface area contributed by atoms with E-state index < -0.39 is 10.0 Å². The van der Waals surface area contributed by atoms with Crippen molar-refractivity contribution in [3.05, 3.63) is 90.0 Å². The minimum Gasteiger partial charge on any atom is -0.492 e. The third-order valence-electron chi connectivity index (χ3n) is 4.94. The second kappa shape index (κ2) is 9.66. The van der Waals surface area contributed by atoms with Crippen LogP contribution in [0.1, 0.15) is 15.9 Å². The fraction of sp³-hybridized carbons (Fsp3) is 0.208. The van der Waals surface area contributed by atoms with Gasteiger partial charge in [0.25, 0.3) is 15.9 Å². The molecule has 0 aliphatic carbocycles. The van der Waals surface area contributed by atoms with Crippen LogP contribution in [0.5, 0.6) is 5.75 Å². The van der Waals surface area contributed by atoms with Gasteiger partial charge in [0, 0.05) is 19.7 Å². The lowest BCUT2D eigenvalue weighted by atomic mass is 10.2. The van der Waals surface area contributed by atoms with Gasteiger partial charge >= 0.3 is 0 Å². The van der Waals surface area contributed by atoms with Crippen LogP contribution in [-0.4, -0.2) is 46.5 Å². The number of carbonyl (C=O) groups is 1. The van der Waals surface area contributed by atoms with Crippen LogP contribution in [0.3, 0.4) is 0 Å². The van der Waals surface area contributed by atoms with Gasteiger partial charge in [0.1, 0.15) is 12.4 Å². The van der Waals surface area contributed by atoms with Crippen LogP contribution in [0.15, 0.2) is 83.8 Å². The Morgan fingerprint density at radius 2 is 1.48 bits per heavy atom. The van der Waals surface area contributed by atoms with Crippen LogP contribution >= 0.6 is 0 Å². The average Bonchev–Trinajstić information content (AvgIpc) is 2.79. The lowest BCUT2D eigenvalue weighted by Gasteiger charge is -2.21. The zero-order valence-corrected chi connectivity index (χ0v) is 18.7. The fourth-order valence-electron chi connectivity index (χ4n) is 2.96. The van der Waals surface area contributed by atoms with Crippen molar-refractivity contribution in [2.24, 2.45) is 0 Å². The molecule has 0 aliphatic heterocycles. The lowest BCUT2D eigenvalue weighted by molar-refractivity contribution is 0.0774. The van der Waals surface area contributed by atoms with Gasteiger partial charge in [0.05, 0.1) is 17.1 Å². The number of amides is 1. The van der Waals surface area contributed by atoms with Crippen molar-refractivity contribution in [2.75, 3.05) is 31.6 Å². The van der Waals surface area contributed by atoms with E-state index in [4.69, 9.17) is 4.74 Å². The van der Waals surface area contributed by atoms with Crippen molar-refractivity contribution in [1.82, 2.24) is 4.90 Å². The van der Waals surface area contributed by atoms with Crippen LogP contribution in [-0.2, 0) is 10.0 Å². The standard InChI is InChI=1S/C24H26N2O4S/c1-19-9-15-23(16-10-19)31(28,29)26(3)21-13-11-20(12-14-21)24(27)25(2)17-18-30-22-7-5-4-6-8-22/h4-16H,17-18H2,1-3H3. The summed E-state index contributed by atoms with van der Waals surface area (Å²) in [5, 5.41) is 0. The third kappa shape index (κ3) is 5.44. The zero-order valence-electron chi connectivity index (χ0n) is 17.9. The number of likely N-dealkylation sites (N-methyl/N-ethyl adjacent to an activating group) is 1. The number of sulfonamides is 1. The van der Waals surface area contributed by atoms with E-state index in [2.05, 4.69) is 0 Å². The van der Waals surface area contributed by atoms with Crippen LogP contribution in [0.2, 0.25) is 0 Å². The zero-order chi connectivity index (χ0) is 22.4. The molecule has 0 heterocycles. The van der Waals surface area contributed by atoms with E-state index in [0.717, 1.165) is 11.3 Å². The molecule has 1 amide bonds. The highest BCUT2D eigenvalue weighted by atomic mass is 32.2. The predicted octanol–water partition coefficient (Wildman–Crippen LogP) is 3.97. The van der Waals surface area contributed by atoms with E-state index in [-0.39, 0.29) is 10.8 Å². The van der Waals surface area contributed by atoms with Crippen LogP contribution in [0.25, 0.3) is 0 Å². The minimum atomic E-state index is -3.68. The summed E-state index contributed by atoms with van der Waals surface area (Å²) in [5.74, 6) is 0.595. The van der Waals surface area contributed by atoms with Crippen molar-refractivity contribution >= 4 is 21.6 Å². The highest BCUT2D eigenvalue weighted by Gasteiger charge is 2.21. The van der Waals surface area contributed by atoms with E-state index in [1.807, 2.05) is 37.3 Å². The Bertz CT molecular complexity index is 1110. The number of hydrogen-bond acceptors (Lipinski definition) is 4. The third-order valence-corrected chi connectivity index (χ3v) is 6.74. The molecule has 0 spiro atoms. The Morgan fingerprint density at radius 1 is 0.871 bits per heavy atom. The first kappa shape index (κ1) is 22.4. The molecule has 31 heavy (non-hydrogen) atoms. The number of hydrogen-bond donors (Lipinski definition) is 0. The number of anilines is 1. The first-order valence-corrected chi connectivity index (χ1v) is 11.3. The number of rotatable bonds is 8. The molecule has 3 rings (SSSR count). The van der Waals surface area contributed by atoms with Crippen molar-refractivity contribution in [1.29, 1.82) is 0 Å². The molecule has 0 bridgehead atoms. The van der Waals surface area contributed by atoms with Crippen molar-refractivity contribution < 1.29 is 17.9 Å². The minimum absolute atomic E-state index is 0.160. The molecule has 6 nitrogen and oxygen atoms in total. The van der Waals surface area contributed by atoms with Crippen molar-refractivity contribution in [3.63, 3.8) is 0 Å². The van der Waals surface area contributed by atoms with Gasteiger partial charge in [-0.1, -0.05) is 35.9 Å². The van der Waals surface area contributed by atoms with E-state index in [1.165, 1.54) is 11.4 Å². The summed E-state index contributed by atoms with van der Waals surface area (Å²) >= 11 is 0. The Balaban J connectivity index is 1.63. The summed E-state index contributed by atoms with van der Waals surface area (Å²) in [5.41, 5.74) is 1.95. The van der Waals surface area contributed by atoms with Gasteiger partial charge in [0.2, 0.25) is 0 Å². The van der Waals surface area contributed by atoms with Crippen LogP contribution in [0.4, 0.5) is 5.69 Å². The SMILES string of the molecule is Cc1ccc(S(=O)(=O)N(C)c2ccc(C(=O)N(C)CCOc3ccccc3)cc2)cc1. The number of nitrogens with zero attached hydrogens (tertiary/aromatic N) is 2. The van der Waals surface area contributed by atoms with Gasteiger partial charge in [-0.2, -0.15) is 0 Å². The molecule has 0 unspecified atom stereocenters. The van der Waals surface area contributed by atoms with E-state index in [1.54, 1.807) is 60.5 Å². The monoisotopic (exact) mass is 438 g/mol. The molecule has 3 aromatic carbocycles. The normalized spacial score (nSPS) is 11.1. The largest absolute Gasteiger partial charge is 0.492 e. The molecule has 162 valence electrons. The number of ether oxygens (including phenoxy) is 1. The Labute approximate surface area is 183 Å². The Kier molecular flexibility index (Phi) is 6.97. The maximum Gasteiger partial charge on any atom is 0.264 e. The van der Waals surface area contributed by atoms with Crippen molar-refractivity contribution in [3.8, 4) is 5.75 Å². The molecule has 0 saturated heterocycles. The maximum atomic E-state index is 12.8. The van der Waals surface area contributed by atoms with E-state index in [0.29, 0.717) is 24.4 Å². The summed E-state index contributed by atoms with van der Waals surface area (Å²) in [6.07, 6.45) is 0. The van der Waals surface area contributed by atoms with E-state index >= 15 is 0 Å². The summed E-state index contributed by atoms with van der Waals surface area (Å²) in [6, 6.07) is 22.7. The van der Waals surface area contributed by atoms with Gasteiger partial charge in [-0.15, -0.1) is 0 Å². The number of carbonyl (C=O) groups excluding carboxylic acids is 1. The molecule has 3 aromatic rings. The number of para-hydroxylation sites is 1. The molecule has 0 atom stereocenters. The van der Waals surface area contributed by atoms with Gasteiger partial charge in [-0.05, 0) is 55.5 Å². The van der Waals surface area contributed by atoms with Gasteiger partial charge in [0.15, 0.2) is 0 Å². The smallest absolute Gasteiger partial charge is 0.264 e. The average molecular weight is 439 g/mol. The topological polar surface area (TPSA) is 66.9 Å². The molecular weight excluding hydrogens is 412 g/mol. The molecule has 0 saturated carbocycles. The van der Waals surface area contributed by atoms with Crippen molar-refractivity contribution in [2.45, 2.75) is 11.8 Å². The van der Waals surface area contributed by atoms with Gasteiger partial charge in [-0.25, -0.2) is 8.42 Å². The predicted molar refractivity (Wildman–Crippen MR) is 122 cm³/mol. The highest BCUT2D eigenvalue weighted by Crippen LogP contribution is 2.23. The second-order valence-corrected chi connectivity index (χ2v) is 9.19. The summed E-state index contributed by atoms with van der Waals surface area (Å²) in [4.78, 5) is 14.5. The maximum absolute atomic E-state index is 12.8. The first-order chi connectivity index (χ1) is 14.8. The lowest BCUT2D eigenvalue weighted by Crippen LogP contribution is -2.31. The molecular formula is C24H26N2O4S. The van der Waals surface area contributed by atoms with Gasteiger partial charge < -0.3 is 9.64 Å². The van der Waals surface area contributed by atoms with Gasteiger partial charge in [-0.3, -0.25) is 9.10 Å². The molecule has 0 aromatic heterocycles. The Morgan fingerprint density at radius 3 is 2.10 bits per heavy atom. The first-order valence-electron chi connectivity index (χ1n) is 9.88. The fourth-order valence-corrected chi connectivity index (χ4v) is 4.16. The summed E-state index contributed by atoms with van der Waals surface area (Å²) < 4.78 is 32.5. The highest BCUT2D eigenvalue weighted by molar-refractivity contribution is 7.92.